The summed E-state index contributed by atoms with van der Waals surface area (Å²) in [6.45, 7) is 9.51. The molecule has 6 nitrogen and oxygen atoms in total. The van der Waals surface area contributed by atoms with E-state index in [9.17, 15) is 0 Å². The summed E-state index contributed by atoms with van der Waals surface area (Å²) in [5, 5.41) is 7.24. The molecule has 1 aliphatic rings. The van der Waals surface area contributed by atoms with Gasteiger partial charge in [0.25, 0.3) is 0 Å². The lowest BCUT2D eigenvalue weighted by Crippen LogP contribution is -2.41. The van der Waals surface area contributed by atoms with E-state index in [4.69, 9.17) is 21.1 Å². The van der Waals surface area contributed by atoms with Gasteiger partial charge >= 0.3 is 0 Å². The number of hydrogen-bond acceptors (Lipinski definition) is 4. The van der Waals surface area contributed by atoms with E-state index in [1.807, 2.05) is 24.3 Å². The first-order chi connectivity index (χ1) is 11.8. The Balaban J connectivity index is 0.00000312. The fourth-order valence-electron chi connectivity index (χ4n) is 2.34. The van der Waals surface area contributed by atoms with Crippen LogP contribution in [-0.2, 0) is 4.74 Å². The number of morpholine rings is 1. The number of aliphatic imine (C=N–C) groups is 1. The van der Waals surface area contributed by atoms with Crippen molar-refractivity contribution in [1.29, 1.82) is 0 Å². The van der Waals surface area contributed by atoms with E-state index in [0.717, 1.165) is 57.6 Å². The molecular formula is C17H28ClIN4O2. The Morgan fingerprint density at radius 3 is 2.64 bits per heavy atom. The van der Waals surface area contributed by atoms with Gasteiger partial charge < -0.3 is 20.1 Å². The first-order valence-electron chi connectivity index (χ1n) is 8.48. The Hall–Kier alpha value is -0.770. The number of benzene rings is 1. The Bertz CT molecular complexity index is 496. The van der Waals surface area contributed by atoms with Gasteiger partial charge in [-0.2, -0.15) is 0 Å². The van der Waals surface area contributed by atoms with Crippen LogP contribution < -0.4 is 15.4 Å². The van der Waals surface area contributed by atoms with Crippen molar-refractivity contribution in [2.45, 2.75) is 6.92 Å². The monoisotopic (exact) mass is 482 g/mol. The number of ether oxygens (including phenoxy) is 2. The maximum Gasteiger partial charge on any atom is 0.191 e. The molecule has 0 spiro atoms. The number of halogens is 2. The van der Waals surface area contributed by atoms with E-state index in [-0.39, 0.29) is 24.0 Å². The van der Waals surface area contributed by atoms with Gasteiger partial charge in [-0.25, -0.2) is 0 Å². The normalized spacial score (nSPS) is 15.4. The van der Waals surface area contributed by atoms with E-state index in [1.54, 1.807) is 0 Å². The highest BCUT2D eigenvalue weighted by molar-refractivity contribution is 14.0. The highest BCUT2D eigenvalue weighted by Gasteiger charge is 2.09. The van der Waals surface area contributed by atoms with Crippen LogP contribution in [0.5, 0.6) is 5.75 Å². The maximum absolute atomic E-state index is 5.85. The third-order valence-electron chi connectivity index (χ3n) is 3.61. The Kier molecular flexibility index (Phi) is 12.0. The minimum Gasteiger partial charge on any atom is -0.492 e. The molecule has 1 heterocycles. The molecule has 0 aliphatic carbocycles. The summed E-state index contributed by atoms with van der Waals surface area (Å²) < 4.78 is 11.0. The number of nitrogens with one attached hydrogen (secondary N) is 2. The van der Waals surface area contributed by atoms with Crippen molar-refractivity contribution < 1.29 is 9.47 Å². The molecule has 1 aromatic carbocycles. The zero-order chi connectivity index (χ0) is 17.0. The van der Waals surface area contributed by atoms with Gasteiger partial charge in [-0.1, -0.05) is 11.6 Å². The van der Waals surface area contributed by atoms with Crippen LogP contribution in [0.25, 0.3) is 0 Å². The molecule has 0 unspecified atom stereocenters. The number of nitrogens with zero attached hydrogens (tertiary/aromatic N) is 2. The number of guanidine groups is 1. The summed E-state index contributed by atoms with van der Waals surface area (Å²) in [7, 11) is 0. The molecule has 1 saturated heterocycles. The van der Waals surface area contributed by atoms with Crippen molar-refractivity contribution in [1.82, 2.24) is 15.5 Å². The van der Waals surface area contributed by atoms with Gasteiger partial charge in [-0.3, -0.25) is 9.89 Å². The molecule has 25 heavy (non-hydrogen) atoms. The van der Waals surface area contributed by atoms with Gasteiger partial charge in [0.2, 0.25) is 0 Å². The van der Waals surface area contributed by atoms with E-state index in [2.05, 4.69) is 27.4 Å². The highest BCUT2D eigenvalue weighted by Crippen LogP contribution is 2.15. The average molecular weight is 483 g/mol. The summed E-state index contributed by atoms with van der Waals surface area (Å²) in [6.07, 6.45) is 0. The van der Waals surface area contributed by atoms with Crippen LogP contribution in [-0.4, -0.2) is 69.9 Å². The lowest BCUT2D eigenvalue weighted by molar-refractivity contribution is 0.0394. The van der Waals surface area contributed by atoms with Crippen molar-refractivity contribution in [2.75, 3.05) is 59.1 Å². The number of rotatable bonds is 8. The van der Waals surface area contributed by atoms with Gasteiger partial charge in [-0.15, -0.1) is 24.0 Å². The van der Waals surface area contributed by atoms with Gasteiger partial charge in [0, 0.05) is 31.2 Å². The highest BCUT2D eigenvalue weighted by atomic mass is 127. The van der Waals surface area contributed by atoms with Crippen LogP contribution in [0.3, 0.4) is 0 Å². The minimum atomic E-state index is 0. The van der Waals surface area contributed by atoms with E-state index in [1.165, 1.54) is 0 Å². The van der Waals surface area contributed by atoms with E-state index < -0.39 is 0 Å². The topological polar surface area (TPSA) is 58.1 Å². The fourth-order valence-corrected chi connectivity index (χ4v) is 2.46. The van der Waals surface area contributed by atoms with Crippen molar-refractivity contribution in [2.24, 2.45) is 4.99 Å². The summed E-state index contributed by atoms with van der Waals surface area (Å²) in [6, 6.07) is 7.37. The quantitative estimate of drug-likeness (QED) is 0.258. The lowest BCUT2D eigenvalue weighted by Gasteiger charge is -2.25. The van der Waals surface area contributed by atoms with E-state index in [0.29, 0.717) is 18.2 Å². The van der Waals surface area contributed by atoms with Crippen molar-refractivity contribution in [3.63, 3.8) is 0 Å². The molecule has 142 valence electrons. The average Bonchev–Trinajstić information content (AvgIpc) is 2.61. The molecule has 0 radical (unpaired) electrons. The second-order valence-electron chi connectivity index (χ2n) is 5.44. The second kappa shape index (κ2) is 13.4. The minimum absolute atomic E-state index is 0. The van der Waals surface area contributed by atoms with Crippen molar-refractivity contribution in [3.8, 4) is 5.75 Å². The molecule has 1 aliphatic heterocycles. The summed E-state index contributed by atoms with van der Waals surface area (Å²) in [5.74, 6) is 1.64. The van der Waals surface area contributed by atoms with Crippen LogP contribution in [0.1, 0.15) is 6.92 Å². The zero-order valence-corrected chi connectivity index (χ0v) is 17.8. The van der Waals surface area contributed by atoms with Crippen LogP contribution >= 0.6 is 35.6 Å². The molecule has 2 rings (SSSR count). The maximum atomic E-state index is 5.85. The number of hydrogen-bond donors (Lipinski definition) is 2. The SMILES string of the molecule is CCNC(=NCCN1CCOCC1)NCCOc1ccc(Cl)cc1.I. The fraction of sp³-hybridized carbons (Fsp3) is 0.588. The molecule has 1 aromatic rings. The van der Waals surface area contributed by atoms with Gasteiger partial charge in [0.1, 0.15) is 12.4 Å². The molecule has 0 amide bonds. The van der Waals surface area contributed by atoms with Crippen LogP contribution in [0, 0.1) is 0 Å². The van der Waals surface area contributed by atoms with Gasteiger partial charge in [0.15, 0.2) is 5.96 Å². The third kappa shape index (κ3) is 9.48. The van der Waals surface area contributed by atoms with Crippen LogP contribution in [0.2, 0.25) is 5.02 Å². The zero-order valence-electron chi connectivity index (χ0n) is 14.7. The molecule has 1 fully saturated rings. The Labute approximate surface area is 172 Å². The smallest absolute Gasteiger partial charge is 0.191 e. The first kappa shape index (κ1) is 22.3. The third-order valence-corrected chi connectivity index (χ3v) is 3.86. The van der Waals surface area contributed by atoms with E-state index >= 15 is 0 Å². The molecule has 2 N–H and O–H groups in total. The summed E-state index contributed by atoms with van der Waals surface area (Å²) in [4.78, 5) is 6.98. The van der Waals surface area contributed by atoms with Crippen molar-refractivity contribution in [3.05, 3.63) is 29.3 Å². The largest absolute Gasteiger partial charge is 0.492 e. The first-order valence-corrected chi connectivity index (χ1v) is 8.86. The van der Waals surface area contributed by atoms with Crippen molar-refractivity contribution >= 4 is 41.5 Å². The van der Waals surface area contributed by atoms with Gasteiger partial charge in [0.05, 0.1) is 26.3 Å². The Morgan fingerprint density at radius 2 is 1.96 bits per heavy atom. The Morgan fingerprint density at radius 1 is 1.24 bits per heavy atom. The molecule has 8 heteroatoms. The summed E-state index contributed by atoms with van der Waals surface area (Å²) >= 11 is 5.85. The molecule has 0 saturated carbocycles. The molecular weight excluding hydrogens is 455 g/mol. The van der Waals surface area contributed by atoms with Gasteiger partial charge in [-0.05, 0) is 31.2 Å². The van der Waals surface area contributed by atoms with Crippen LogP contribution in [0.15, 0.2) is 29.3 Å². The predicted octanol–water partition coefficient (Wildman–Crippen LogP) is 2.22. The second-order valence-corrected chi connectivity index (χ2v) is 5.88. The molecule has 0 atom stereocenters. The predicted molar refractivity (Wildman–Crippen MR) is 114 cm³/mol. The van der Waals surface area contributed by atoms with Crippen LogP contribution in [0.4, 0.5) is 0 Å². The molecule has 0 bridgehead atoms. The molecule has 0 aromatic heterocycles. The lowest BCUT2D eigenvalue weighted by atomic mass is 10.3. The standard InChI is InChI=1S/C17H27ClN4O2.HI/c1-2-19-17(20-7-9-22-10-13-23-14-11-22)21-8-12-24-16-5-3-15(18)4-6-16;/h3-6H,2,7-14H2,1H3,(H2,19,20,21);1H. The summed E-state index contributed by atoms with van der Waals surface area (Å²) in [5.41, 5.74) is 0.